The van der Waals surface area contributed by atoms with Crippen LogP contribution in [0.25, 0.3) is 10.4 Å². The first-order valence-electron chi connectivity index (χ1n) is 5.05. The average molecular weight is 262 g/mol. The molecule has 0 amide bonds. The molecule has 0 aromatic carbocycles. The van der Waals surface area contributed by atoms with Gasteiger partial charge in [0.15, 0.2) is 5.78 Å². The van der Waals surface area contributed by atoms with Crippen molar-refractivity contribution < 1.29 is 30.0 Å². The smallest absolute Gasteiger partial charge is 0.245 e. The van der Waals surface area contributed by atoms with Crippen LogP contribution in [0.4, 0.5) is 0 Å². The van der Waals surface area contributed by atoms with Gasteiger partial charge in [-0.1, -0.05) is 5.11 Å². The zero-order chi connectivity index (χ0) is 13.9. The van der Waals surface area contributed by atoms with Gasteiger partial charge in [0.2, 0.25) is 5.79 Å². The first-order valence-corrected chi connectivity index (χ1v) is 5.05. The number of nitrogens with zero attached hydrogens (tertiary/aromatic N) is 3. The van der Waals surface area contributed by atoms with Crippen LogP contribution in [-0.4, -0.2) is 69.5 Å². The molecule has 0 radical (unpaired) electrons. The average Bonchev–Trinajstić information content (AvgIpc) is 2.37. The van der Waals surface area contributed by atoms with Crippen LogP contribution in [0.2, 0.25) is 0 Å². The van der Waals surface area contributed by atoms with E-state index in [1.54, 1.807) is 0 Å². The van der Waals surface area contributed by atoms with Crippen molar-refractivity contribution in [2.45, 2.75) is 30.1 Å². The number of aliphatic hydroxyl groups is 4. The number of ether oxygens (including phenoxy) is 1. The molecule has 0 aromatic rings. The molecule has 1 rings (SSSR count). The van der Waals surface area contributed by atoms with Gasteiger partial charge in [0.05, 0.1) is 19.2 Å². The summed E-state index contributed by atoms with van der Waals surface area (Å²) in [7, 11) is 0. The second kappa shape index (κ2) is 5.59. The van der Waals surface area contributed by atoms with Crippen LogP contribution in [-0.2, 0) is 9.53 Å². The van der Waals surface area contributed by atoms with Gasteiger partial charge in [-0.3, -0.25) is 4.79 Å². The number of hydrogen-bond donors (Lipinski definition) is 5. The Morgan fingerprint density at radius 3 is 2.61 bits per heavy atom. The van der Waals surface area contributed by atoms with E-state index < -0.39 is 49.1 Å². The van der Waals surface area contributed by atoms with E-state index in [-0.39, 0.29) is 0 Å². The normalized spacial score (nSPS) is 40.1. The fraction of sp³-hybridized carbons (Fsp3) is 0.875. The third kappa shape index (κ3) is 2.44. The largest absolute Gasteiger partial charge is 0.394 e. The van der Waals surface area contributed by atoms with Crippen molar-refractivity contribution in [3.05, 3.63) is 10.4 Å². The van der Waals surface area contributed by atoms with Crippen molar-refractivity contribution in [3.63, 3.8) is 0 Å². The maximum Gasteiger partial charge on any atom is 0.245 e. The molecule has 10 nitrogen and oxygen atoms in total. The van der Waals surface area contributed by atoms with E-state index in [1.807, 2.05) is 0 Å². The molecule has 1 aliphatic heterocycles. The summed E-state index contributed by atoms with van der Waals surface area (Å²) in [6.45, 7) is -1.47. The lowest BCUT2D eigenvalue weighted by Crippen LogP contribution is -2.71. The number of rotatable bonds is 4. The lowest BCUT2D eigenvalue weighted by atomic mass is 9.88. The highest BCUT2D eigenvalue weighted by Gasteiger charge is 2.55. The van der Waals surface area contributed by atoms with Gasteiger partial charge in [-0.05, 0) is 5.53 Å². The monoisotopic (exact) mass is 262 g/mol. The van der Waals surface area contributed by atoms with Gasteiger partial charge in [-0.2, -0.15) is 0 Å². The van der Waals surface area contributed by atoms with Crippen molar-refractivity contribution in [1.82, 2.24) is 0 Å². The molecule has 1 fully saturated rings. The molecule has 1 aliphatic rings. The highest BCUT2D eigenvalue weighted by molar-refractivity contribution is 5.88. The van der Waals surface area contributed by atoms with Gasteiger partial charge in [-0.15, -0.1) is 0 Å². The Morgan fingerprint density at radius 2 is 2.11 bits per heavy atom. The molecule has 10 heteroatoms. The van der Waals surface area contributed by atoms with Crippen LogP contribution in [0.3, 0.4) is 0 Å². The molecule has 102 valence electrons. The van der Waals surface area contributed by atoms with Crippen LogP contribution >= 0.6 is 0 Å². The number of nitrogens with two attached hydrogens (primary N) is 1. The third-order valence-electron chi connectivity index (χ3n) is 2.74. The summed E-state index contributed by atoms with van der Waals surface area (Å²) in [5.74, 6) is -3.70. The number of ketones is 1. The predicted molar refractivity (Wildman–Crippen MR) is 55.9 cm³/mol. The molecular formula is C8H14N4O6. The molecule has 18 heavy (non-hydrogen) atoms. The summed E-state index contributed by atoms with van der Waals surface area (Å²) in [4.78, 5) is 13.9. The van der Waals surface area contributed by atoms with Crippen LogP contribution in [0.15, 0.2) is 5.11 Å². The lowest BCUT2D eigenvalue weighted by Gasteiger charge is -2.44. The second-order valence-corrected chi connectivity index (χ2v) is 3.85. The molecule has 1 heterocycles. The summed E-state index contributed by atoms with van der Waals surface area (Å²) in [5.41, 5.74) is 13.5. The number of carbonyl (C=O) groups is 1. The highest BCUT2D eigenvalue weighted by Crippen LogP contribution is 2.27. The fourth-order valence-corrected chi connectivity index (χ4v) is 1.65. The summed E-state index contributed by atoms with van der Waals surface area (Å²) in [6.07, 6.45) is -4.59. The van der Waals surface area contributed by atoms with E-state index in [0.717, 1.165) is 0 Å². The lowest BCUT2D eigenvalue weighted by molar-refractivity contribution is -0.297. The van der Waals surface area contributed by atoms with Crippen molar-refractivity contribution >= 4 is 5.78 Å². The fourth-order valence-electron chi connectivity index (χ4n) is 1.65. The van der Waals surface area contributed by atoms with E-state index in [1.165, 1.54) is 0 Å². The Balaban J connectivity index is 2.97. The first kappa shape index (κ1) is 14.8. The molecule has 5 atom stereocenters. The Kier molecular flexibility index (Phi) is 4.59. The number of Topliss-reactive ketones (excluding diaryl/α,β-unsaturated/α-hetero) is 1. The van der Waals surface area contributed by atoms with Crippen molar-refractivity contribution in [2.75, 3.05) is 13.2 Å². The van der Waals surface area contributed by atoms with Crippen LogP contribution in [0.1, 0.15) is 0 Å². The van der Waals surface area contributed by atoms with Gasteiger partial charge in [0, 0.05) is 4.91 Å². The van der Waals surface area contributed by atoms with Crippen molar-refractivity contribution in [2.24, 2.45) is 10.8 Å². The van der Waals surface area contributed by atoms with Gasteiger partial charge in [0.25, 0.3) is 0 Å². The minimum Gasteiger partial charge on any atom is -0.394 e. The summed E-state index contributed by atoms with van der Waals surface area (Å²) in [5, 5.41) is 40.9. The minimum absolute atomic E-state index is 0.734. The molecule has 0 unspecified atom stereocenters. The Bertz CT molecular complexity index is 371. The third-order valence-corrected chi connectivity index (χ3v) is 2.74. The predicted octanol–water partition coefficient (Wildman–Crippen LogP) is -3.01. The zero-order valence-electron chi connectivity index (χ0n) is 9.25. The van der Waals surface area contributed by atoms with E-state index in [2.05, 4.69) is 10.0 Å². The molecule has 0 aliphatic carbocycles. The van der Waals surface area contributed by atoms with Gasteiger partial charge in [0.1, 0.15) is 18.3 Å². The van der Waals surface area contributed by atoms with Crippen LogP contribution in [0.5, 0.6) is 0 Å². The number of carbonyl (C=O) groups excluding carboxylic acids is 1. The molecule has 0 bridgehead atoms. The molecule has 0 spiro atoms. The van der Waals surface area contributed by atoms with Gasteiger partial charge < -0.3 is 30.9 Å². The topological polar surface area (TPSA) is 182 Å². The Hall–Kier alpha value is -1.26. The maximum absolute atomic E-state index is 11.6. The molecular weight excluding hydrogens is 248 g/mol. The maximum atomic E-state index is 11.6. The number of hydrogen-bond acceptors (Lipinski definition) is 8. The van der Waals surface area contributed by atoms with Gasteiger partial charge in [-0.25, -0.2) is 0 Å². The summed E-state index contributed by atoms with van der Waals surface area (Å²) < 4.78 is 4.81. The van der Waals surface area contributed by atoms with E-state index >= 15 is 0 Å². The Morgan fingerprint density at radius 1 is 1.50 bits per heavy atom. The standard InChI is InChI=1S/C8H14N4O6/c9-7-6(16)5(15)3(2-13)18-8(7,17)4(14)1-11-12-10/h3,5-7,13,15-17H,1-2,9H2/t3-,5-,6+,7-,8+/m1/s1. The highest BCUT2D eigenvalue weighted by atomic mass is 16.7. The Labute approximate surface area is 101 Å². The molecule has 1 saturated heterocycles. The quantitative estimate of drug-likeness (QED) is 0.203. The van der Waals surface area contributed by atoms with E-state index in [4.69, 9.17) is 21.1 Å². The first-order chi connectivity index (χ1) is 8.38. The molecule has 6 N–H and O–H groups in total. The molecule has 0 saturated carbocycles. The van der Waals surface area contributed by atoms with Crippen LogP contribution in [0, 0.1) is 0 Å². The van der Waals surface area contributed by atoms with E-state index in [0.29, 0.717) is 0 Å². The SMILES string of the molecule is [N-]=[N+]=NCC(=O)[C@]1(O)O[C@H](CO)[C@@H](O)[C@H](O)[C@H]1N. The van der Waals surface area contributed by atoms with E-state index in [9.17, 15) is 20.1 Å². The zero-order valence-corrected chi connectivity index (χ0v) is 9.25. The molecule has 0 aromatic heterocycles. The minimum atomic E-state index is -2.62. The van der Waals surface area contributed by atoms with Crippen molar-refractivity contribution in [3.8, 4) is 0 Å². The second-order valence-electron chi connectivity index (χ2n) is 3.85. The summed E-state index contributed by atoms with van der Waals surface area (Å²) in [6, 6.07) is -1.63. The number of aliphatic hydroxyl groups excluding tert-OH is 3. The van der Waals surface area contributed by atoms with Crippen molar-refractivity contribution in [1.29, 1.82) is 0 Å². The van der Waals surface area contributed by atoms with Gasteiger partial charge >= 0.3 is 0 Å². The summed E-state index contributed by atoms with van der Waals surface area (Å²) >= 11 is 0. The van der Waals surface area contributed by atoms with Crippen LogP contribution < -0.4 is 5.73 Å². The number of azide groups is 1.